The van der Waals surface area contributed by atoms with Crippen LogP contribution in [0.25, 0.3) is 0 Å². The van der Waals surface area contributed by atoms with Gasteiger partial charge in [0.1, 0.15) is 11.4 Å². The predicted octanol–water partition coefficient (Wildman–Crippen LogP) is 3.83. The number of aromatic carboxylic acids is 1. The molecule has 0 saturated carbocycles. The maximum atomic E-state index is 12.9. The molecule has 21 heavy (non-hydrogen) atoms. The average Bonchev–Trinajstić information content (AvgIpc) is 2.41. The molecule has 0 aliphatic rings. The molecule has 0 unspecified atom stereocenters. The summed E-state index contributed by atoms with van der Waals surface area (Å²) in [7, 11) is 0. The third-order valence-electron chi connectivity index (χ3n) is 2.63. The molecular weight excluding hydrogens is 303 g/mol. The number of halogens is 2. The highest BCUT2D eigenvalue weighted by atomic mass is 35.5. The summed E-state index contributed by atoms with van der Waals surface area (Å²) in [6, 6.07) is 7.17. The first kappa shape index (κ1) is 14.7. The Bertz CT molecular complexity index is 736. The normalized spacial score (nSPS) is 10.2. The van der Waals surface area contributed by atoms with E-state index in [-0.39, 0.29) is 10.7 Å². The second kappa shape index (κ2) is 5.76. The van der Waals surface area contributed by atoms with Crippen LogP contribution in [-0.4, -0.2) is 16.0 Å². The maximum Gasteiger partial charge on any atom is 0.342 e. The van der Waals surface area contributed by atoms with E-state index >= 15 is 0 Å². The number of benzene rings is 2. The van der Waals surface area contributed by atoms with Crippen LogP contribution in [0.5, 0.6) is 0 Å². The van der Waals surface area contributed by atoms with Gasteiger partial charge in [0.25, 0.3) is 5.69 Å². The molecule has 0 bridgehead atoms. The predicted molar refractivity (Wildman–Crippen MR) is 74.7 cm³/mol. The number of anilines is 2. The van der Waals surface area contributed by atoms with Crippen LogP contribution in [0.1, 0.15) is 10.4 Å². The Morgan fingerprint density at radius 2 is 2.00 bits per heavy atom. The third kappa shape index (κ3) is 3.26. The summed E-state index contributed by atoms with van der Waals surface area (Å²) >= 11 is 5.83. The number of hydrogen-bond acceptors (Lipinski definition) is 4. The molecule has 8 heteroatoms. The van der Waals surface area contributed by atoms with E-state index in [0.717, 1.165) is 18.2 Å². The van der Waals surface area contributed by atoms with Gasteiger partial charge in [0, 0.05) is 11.8 Å². The Kier molecular flexibility index (Phi) is 4.04. The first-order valence-corrected chi connectivity index (χ1v) is 6.00. The van der Waals surface area contributed by atoms with Gasteiger partial charge in [0.2, 0.25) is 0 Å². The Labute approximate surface area is 122 Å². The van der Waals surface area contributed by atoms with Crippen LogP contribution in [0, 0.1) is 15.9 Å². The highest BCUT2D eigenvalue weighted by Gasteiger charge is 2.20. The second-order valence-electron chi connectivity index (χ2n) is 4.04. The SMILES string of the molecule is O=C(O)c1ccc(Nc2ccc(F)cc2Cl)cc1[N+](=O)[O-]. The minimum Gasteiger partial charge on any atom is -0.477 e. The second-order valence-corrected chi connectivity index (χ2v) is 4.45. The molecule has 6 nitrogen and oxygen atoms in total. The van der Waals surface area contributed by atoms with Crippen LogP contribution in [0.2, 0.25) is 5.02 Å². The lowest BCUT2D eigenvalue weighted by atomic mass is 10.1. The number of carboxylic acids is 1. The summed E-state index contributed by atoms with van der Waals surface area (Å²) in [6.45, 7) is 0. The van der Waals surface area contributed by atoms with Gasteiger partial charge in [-0.25, -0.2) is 9.18 Å². The number of hydrogen-bond donors (Lipinski definition) is 2. The van der Waals surface area contributed by atoms with Crippen LogP contribution < -0.4 is 5.32 Å². The number of carbonyl (C=O) groups is 1. The topological polar surface area (TPSA) is 92.5 Å². The number of nitrogens with one attached hydrogen (secondary N) is 1. The molecule has 0 aliphatic heterocycles. The summed E-state index contributed by atoms with van der Waals surface area (Å²) in [5, 5.41) is 22.6. The third-order valence-corrected chi connectivity index (χ3v) is 2.95. The van der Waals surface area contributed by atoms with Crippen molar-refractivity contribution in [2.24, 2.45) is 0 Å². The van der Waals surface area contributed by atoms with Gasteiger partial charge in [-0.3, -0.25) is 10.1 Å². The standard InChI is InChI=1S/C13H8ClFN2O4/c14-10-5-7(15)1-4-11(10)16-8-2-3-9(13(18)19)12(6-8)17(20)21/h1-6,16H,(H,18,19). The van der Waals surface area contributed by atoms with Gasteiger partial charge in [0.05, 0.1) is 15.6 Å². The smallest absolute Gasteiger partial charge is 0.342 e. The van der Waals surface area contributed by atoms with Crippen LogP contribution >= 0.6 is 11.6 Å². The van der Waals surface area contributed by atoms with Crippen molar-refractivity contribution in [2.45, 2.75) is 0 Å². The Morgan fingerprint density at radius 1 is 1.29 bits per heavy atom. The lowest BCUT2D eigenvalue weighted by molar-refractivity contribution is -0.385. The minimum absolute atomic E-state index is 0.0972. The molecule has 0 atom stereocenters. The lowest BCUT2D eigenvalue weighted by Gasteiger charge is -2.09. The van der Waals surface area contributed by atoms with E-state index in [1.165, 1.54) is 18.2 Å². The number of rotatable bonds is 4. The first-order chi connectivity index (χ1) is 9.88. The lowest BCUT2D eigenvalue weighted by Crippen LogP contribution is -2.03. The molecule has 0 spiro atoms. The van der Waals surface area contributed by atoms with Crippen molar-refractivity contribution in [3.63, 3.8) is 0 Å². The molecule has 0 aromatic heterocycles. The molecule has 0 fully saturated rings. The largest absolute Gasteiger partial charge is 0.477 e. The van der Waals surface area contributed by atoms with E-state index in [1.807, 2.05) is 0 Å². The molecule has 2 rings (SSSR count). The van der Waals surface area contributed by atoms with E-state index in [1.54, 1.807) is 0 Å². The van der Waals surface area contributed by atoms with Crippen LogP contribution in [0.15, 0.2) is 36.4 Å². The van der Waals surface area contributed by atoms with Gasteiger partial charge in [-0.1, -0.05) is 11.6 Å². The van der Waals surface area contributed by atoms with Gasteiger partial charge < -0.3 is 10.4 Å². The molecule has 2 N–H and O–H groups in total. The summed E-state index contributed by atoms with van der Waals surface area (Å²) in [4.78, 5) is 21.0. The molecule has 0 saturated heterocycles. The monoisotopic (exact) mass is 310 g/mol. The number of nitrogens with zero attached hydrogens (tertiary/aromatic N) is 1. The van der Waals surface area contributed by atoms with Crippen molar-refractivity contribution in [1.82, 2.24) is 0 Å². The van der Waals surface area contributed by atoms with Crippen molar-refractivity contribution in [3.8, 4) is 0 Å². The average molecular weight is 311 g/mol. The molecule has 0 radical (unpaired) electrons. The van der Waals surface area contributed by atoms with Gasteiger partial charge in [-0.15, -0.1) is 0 Å². The fraction of sp³-hybridized carbons (Fsp3) is 0. The highest BCUT2D eigenvalue weighted by molar-refractivity contribution is 6.33. The number of nitro groups is 1. The summed E-state index contributed by atoms with van der Waals surface area (Å²) < 4.78 is 12.9. The quantitative estimate of drug-likeness (QED) is 0.661. The molecule has 0 amide bonds. The van der Waals surface area contributed by atoms with E-state index in [4.69, 9.17) is 16.7 Å². The van der Waals surface area contributed by atoms with E-state index in [0.29, 0.717) is 5.69 Å². The molecule has 0 heterocycles. The van der Waals surface area contributed by atoms with Crippen LogP contribution in [0.3, 0.4) is 0 Å². The van der Waals surface area contributed by atoms with Crippen molar-refractivity contribution in [3.05, 3.63) is 62.9 Å². The van der Waals surface area contributed by atoms with Gasteiger partial charge in [-0.05, 0) is 30.3 Å². The zero-order valence-corrected chi connectivity index (χ0v) is 11.1. The van der Waals surface area contributed by atoms with Crippen molar-refractivity contribution < 1.29 is 19.2 Å². The summed E-state index contributed by atoms with van der Waals surface area (Å²) in [6.07, 6.45) is 0. The number of carboxylic acid groups (broad SMARTS) is 1. The molecule has 0 aliphatic carbocycles. The van der Waals surface area contributed by atoms with Gasteiger partial charge >= 0.3 is 5.97 Å². The number of nitro benzene ring substituents is 1. The fourth-order valence-electron chi connectivity index (χ4n) is 1.69. The zero-order chi connectivity index (χ0) is 15.6. The maximum absolute atomic E-state index is 12.9. The fourth-order valence-corrected chi connectivity index (χ4v) is 1.90. The highest BCUT2D eigenvalue weighted by Crippen LogP contribution is 2.29. The van der Waals surface area contributed by atoms with Crippen LogP contribution in [0.4, 0.5) is 21.5 Å². The summed E-state index contributed by atoms with van der Waals surface area (Å²) in [5.41, 5.74) is -0.364. The van der Waals surface area contributed by atoms with Gasteiger partial charge in [-0.2, -0.15) is 0 Å². The first-order valence-electron chi connectivity index (χ1n) is 5.62. The molecular formula is C13H8ClFN2O4. The Morgan fingerprint density at radius 3 is 2.57 bits per heavy atom. The van der Waals surface area contributed by atoms with Crippen molar-refractivity contribution in [2.75, 3.05) is 5.32 Å². The Hall–Kier alpha value is -2.67. The van der Waals surface area contributed by atoms with E-state index in [2.05, 4.69) is 5.32 Å². The van der Waals surface area contributed by atoms with Crippen LogP contribution in [-0.2, 0) is 0 Å². The van der Waals surface area contributed by atoms with E-state index in [9.17, 15) is 19.3 Å². The minimum atomic E-state index is -1.40. The molecule has 108 valence electrons. The van der Waals surface area contributed by atoms with Crippen molar-refractivity contribution >= 4 is 34.6 Å². The van der Waals surface area contributed by atoms with Gasteiger partial charge in [0.15, 0.2) is 0 Å². The molecule has 2 aromatic rings. The molecule has 2 aromatic carbocycles. The Balaban J connectivity index is 2.39. The van der Waals surface area contributed by atoms with Crippen molar-refractivity contribution in [1.29, 1.82) is 0 Å². The summed E-state index contributed by atoms with van der Waals surface area (Å²) in [5.74, 6) is -1.91. The van der Waals surface area contributed by atoms with E-state index < -0.39 is 28.0 Å². The zero-order valence-electron chi connectivity index (χ0n) is 10.3.